The minimum absolute atomic E-state index is 0.129. The molecule has 0 aliphatic heterocycles. The van der Waals surface area contributed by atoms with Gasteiger partial charge in [-0.2, -0.15) is 0 Å². The Kier molecular flexibility index (Phi) is 4.59. The van der Waals surface area contributed by atoms with Gasteiger partial charge in [0.25, 0.3) is 5.91 Å². The van der Waals surface area contributed by atoms with E-state index in [1.807, 2.05) is 0 Å². The topological polar surface area (TPSA) is 42.0 Å². The normalized spacial score (nSPS) is 23.7. The Balaban J connectivity index is 1.81. The van der Waals surface area contributed by atoms with Gasteiger partial charge < -0.3 is 5.32 Å². The highest BCUT2D eigenvalue weighted by molar-refractivity contribution is 6.30. The fraction of sp³-hybridized carbons (Fsp3) is 0.571. The SMILES string of the molecule is CC1CCC(CNC(=O)c2cc(Cl)ccn2)CC1. The van der Waals surface area contributed by atoms with E-state index in [2.05, 4.69) is 17.2 Å². The van der Waals surface area contributed by atoms with Crippen LogP contribution in [-0.2, 0) is 0 Å². The third-order valence-corrected chi connectivity index (χ3v) is 3.88. The molecule has 1 aromatic heterocycles. The van der Waals surface area contributed by atoms with Crippen LogP contribution in [-0.4, -0.2) is 17.4 Å². The Morgan fingerprint density at radius 1 is 1.44 bits per heavy atom. The van der Waals surface area contributed by atoms with E-state index in [0.29, 0.717) is 16.6 Å². The van der Waals surface area contributed by atoms with Crippen molar-refractivity contribution in [1.82, 2.24) is 10.3 Å². The molecule has 4 heteroatoms. The second-order valence-electron chi connectivity index (χ2n) is 5.20. The molecule has 1 fully saturated rings. The van der Waals surface area contributed by atoms with Crippen molar-refractivity contribution in [1.29, 1.82) is 0 Å². The number of halogens is 1. The number of aromatic nitrogens is 1. The largest absolute Gasteiger partial charge is 0.350 e. The van der Waals surface area contributed by atoms with E-state index < -0.39 is 0 Å². The molecule has 98 valence electrons. The van der Waals surface area contributed by atoms with Crippen LogP contribution in [0.15, 0.2) is 18.3 Å². The molecule has 0 atom stereocenters. The third kappa shape index (κ3) is 3.70. The van der Waals surface area contributed by atoms with Crippen LogP contribution in [0.3, 0.4) is 0 Å². The molecular weight excluding hydrogens is 248 g/mol. The number of pyridine rings is 1. The van der Waals surface area contributed by atoms with Crippen LogP contribution in [0.5, 0.6) is 0 Å². The van der Waals surface area contributed by atoms with Crippen molar-refractivity contribution < 1.29 is 4.79 Å². The Morgan fingerprint density at radius 2 is 2.17 bits per heavy atom. The molecule has 0 spiro atoms. The zero-order valence-corrected chi connectivity index (χ0v) is 11.4. The van der Waals surface area contributed by atoms with E-state index >= 15 is 0 Å². The Bertz CT molecular complexity index is 414. The average Bonchev–Trinajstić information content (AvgIpc) is 2.38. The number of hydrogen-bond donors (Lipinski definition) is 1. The number of carbonyl (C=O) groups is 1. The van der Waals surface area contributed by atoms with Crippen LogP contribution >= 0.6 is 11.6 Å². The van der Waals surface area contributed by atoms with Crippen LogP contribution in [0.1, 0.15) is 43.1 Å². The lowest BCUT2D eigenvalue weighted by atomic mass is 9.83. The quantitative estimate of drug-likeness (QED) is 0.912. The molecule has 0 aromatic carbocycles. The van der Waals surface area contributed by atoms with Gasteiger partial charge in [0.2, 0.25) is 0 Å². The van der Waals surface area contributed by atoms with E-state index in [0.717, 1.165) is 12.5 Å². The van der Waals surface area contributed by atoms with Crippen molar-refractivity contribution >= 4 is 17.5 Å². The summed E-state index contributed by atoms with van der Waals surface area (Å²) in [5.74, 6) is 1.33. The van der Waals surface area contributed by atoms with Gasteiger partial charge >= 0.3 is 0 Å². The van der Waals surface area contributed by atoms with Gasteiger partial charge in [0.05, 0.1) is 0 Å². The van der Waals surface area contributed by atoms with Crippen molar-refractivity contribution in [3.8, 4) is 0 Å². The van der Waals surface area contributed by atoms with Gasteiger partial charge in [-0.15, -0.1) is 0 Å². The van der Waals surface area contributed by atoms with E-state index in [1.54, 1.807) is 18.3 Å². The lowest BCUT2D eigenvalue weighted by Gasteiger charge is -2.26. The maximum Gasteiger partial charge on any atom is 0.269 e. The van der Waals surface area contributed by atoms with E-state index in [1.165, 1.54) is 25.7 Å². The number of nitrogens with one attached hydrogen (secondary N) is 1. The zero-order valence-electron chi connectivity index (χ0n) is 10.7. The second kappa shape index (κ2) is 6.19. The Labute approximate surface area is 113 Å². The monoisotopic (exact) mass is 266 g/mol. The molecule has 1 N–H and O–H groups in total. The lowest BCUT2D eigenvalue weighted by Crippen LogP contribution is -2.31. The van der Waals surface area contributed by atoms with Gasteiger partial charge in [-0.25, -0.2) is 0 Å². The van der Waals surface area contributed by atoms with Crippen molar-refractivity contribution in [2.24, 2.45) is 11.8 Å². The van der Waals surface area contributed by atoms with Crippen molar-refractivity contribution in [3.05, 3.63) is 29.0 Å². The first kappa shape index (κ1) is 13.3. The van der Waals surface area contributed by atoms with Crippen LogP contribution in [0.4, 0.5) is 0 Å². The standard InChI is InChI=1S/C14H19ClN2O/c1-10-2-4-11(5-3-10)9-17-14(18)13-8-12(15)6-7-16-13/h6-8,10-11H,2-5,9H2,1H3,(H,17,18). The summed E-state index contributed by atoms with van der Waals surface area (Å²) >= 11 is 5.83. The number of carbonyl (C=O) groups excluding carboxylic acids is 1. The fourth-order valence-electron chi connectivity index (χ4n) is 2.39. The molecule has 0 radical (unpaired) electrons. The Morgan fingerprint density at radius 3 is 2.83 bits per heavy atom. The van der Waals surface area contributed by atoms with Gasteiger partial charge in [0.15, 0.2) is 0 Å². The predicted molar refractivity (Wildman–Crippen MR) is 72.7 cm³/mol. The minimum Gasteiger partial charge on any atom is -0.350 e. The number of hydrogen-bond acceptors (Lipinski definition) is 2. The molecule has 2 rings (SSSR count). The van der Waals surface area contributed by atoms with Gasteiger partial charge in [-0.3, -0.25) is 9.78 Å². The predicted octanol–water partition coefficient (Wildman–Crippen LogP) is 3.29. The third-order valence-electron chi connectivity index (χ3n) is 3.64. The molecule has 18 heavy (non-hydrogen) atoms. The maximum absolute atomic E-state index is 11.9. The maximum atomic E-state index is 11.9. The summed E-state index contributed by atoms with van der Waals surface area (Å²) in [5, 5.41) is 3.49. The van der Waals surface area contributed by atoms with Crippen molar-refractivity contribution in [2.45, 2.75) is 32.6 Å². The van der Waals surface area contributed by atoms with E-state index in [4.69, 9.17) is 11.6 Å². The highest BCUT2D eigenvalue weighted by Gasteiger charge is 2.19. The molecule has 0 bridgehead atoms. The van der Waals surface area contributed by atoms with Crippen molar-refractivity contribution in [3.63, 3.8) is 0 Å². The molecule has 0 saturated heterocycles. The lowest BCUT2D eigenvalue weighted by molar-refractivity contribution is 0.0937. The van der Waals surface area contributed by atoms with Crippen LogP contribution < -0.4 is 5.32 Å². The highest BCUT2D eigenvalue weighted by atomic mass is 35.5. The molecule has 3 nitrogen and oxygen atoms in total. The zero-order chi connectivity index (χ0) is 13.0. The second-order valence-corrected chi connectivity index (χ2v) is 5.63. The molecule has 1 saturated carbocycles. The molecule has 0 unspecified atom stereocenters. The van der Waals surface area contributed by atoms with Gasteiger partial charge in [-0.1, -0.05) is 31.4 Å². The van der Waals surface area contributed by atoms with Crippen LogP contribution in [0.25, 0.3) is 0 Å². The molecule has 1 aromatic rings. The minimum atomic E-state index is -0.129. The number of rotatable bonds is 3. The smallest absolute Gasteiger partial charge is 0.269 e. The fourth-order valence-corrected chi connectivity index (χ4v) is 2.55. The van der Waals surface area contributed by atoms with E-state index in [-0.39, 0.29) is 5.91 Å². The van der Waals surface area contributed by atoms with Gasteiger partial charge in [0.1, 0.15) is 5.69 Å². The number of amides is 1. The summed E-state index contributed by atoms with van der Waals surface area (Å²) < 4.78 is 0. The molecule has 1 heterocycles. The Hall–Kier alpha value is -1.09. The molecular formula is C14H19ClN2O. The van der Waals surface area contributed by atoms with Gasteiger partial charge in [0, 0.05) is 17.8 Å². The highest BCUT2D eigenvalue weighted by Crippen LogP contribution is 2.27. The average molecular weight is 267 g/mol. The molecule has 1 aliphatic rings. The van der Waals surface area contributed by atoms with Crippen molar-refractivity contribution in [2.75, 3.05) is 6.54 Å². The van der Waals surface area contributed by atoms with E-state index in [9.17, 15) is 4.79 Å². The summed E-state index contributed by atoms with van der Waals surface area (Å²) in [6.07, 6.45) is 6.53. The first-order valence-corrected chi connectivity index (χ1v) is 6.92. The molecule has 1 aliphatic carbocycles. The van der Waals surface area contributed by atoms with Crippen LogP contribution in [0, 0.1) is 11.8 Å². The summed E-state index contributed by atoms with van der Waals surface area (Å²) in [7, 11) is 0. The summed E-state index contributed by atoms with van der Waals surface area (Å²) in [6.45, 7) is 3.05. The first-order chi connectivity index (χ1) is 8.65. The summed E-state index contributed by atoms with van der Waals surface area (Å²) in [6, 6.07) is 3.26. The molecule has 1 amide bonds. The summed E-state index contributed by atoms with van der Waals surface area (Å²) in [5.41, 5.74) is 0.395. The van der Waals surface area contributed by atoms with Gasteiger partial charge in [-0.05, 0) is 36.8 Å². The number of nitrogens with zero attached hydrogens (tertiary/aromatic N) is 1. The first-order valence-electron chi connectivity index (χ1n) is 6.55. The summed E-state index contributed by atoms with van der Waals surface area (Å²) in [4.78, 5) is 15.9. The van der Waals surface area contributed by atoms with Crippen LogP contribution in [0.2, 0.25) is 5.02 Å².